The van der Waals surface area contributed by atoms with Crippen molar-refractivity contribution in [3.8, 4) is 5.75 Å². The first-order valence-corrected chi connectivity index (χ1v) is 6.99. The molecule has 1 atom stereocenters. The van der Waals surface area contributed by atoms with Crippen molar-refractivity contribution in [3.05, 3.63) is 36.0 Å². The molecule has 1 unspecified atom stereocenters. The van der Waals surface area contributed by atoms with Crippen LogP contribution in [0.5, 0.6) is 5.75 Å². The Labute approximate surface area is 119 Å². The molecular formula is C16H22N2O2. The number of pyridine rings is 1. The Hall–Kier alpha value is -1.65. The minimum Gasteiger partial charge on any atom is -0.494 e. The van der Waals surface area contributed by atoms with E-state index in [0.717, 1.165) is 41.9 Å². The third-order valence-electron chi connectivity index (χ3n) is 3.38. The maximum atomic E-state index is 8.88. The molecule has 4 nitrogen and oxygen atoms in total. The summed E-state index contributed by atoms with van der Waals surface area (Å²) in [6, 6.07) is 10.0. The number of aliphatic hydroxyl groups is 1. The number of hydrogen-bond donors (Lipinski definition) is 2. The van der Waals surface area contributed by atoms with Gasteiger partial charge in [-0.25, -0.2) is 4.98 Å². The molecule has 0 aliphatic rings. The SMILES string of the molecule is COc1cccc2ccc(CNCC(C)CCO)nc12. The molecule has 20 heavy (non-hydrogen) atoms. The van der Waals surface area contributed by atoms with E-state index in [4.69, 9.17) is 9.84 Å². The smallest absolute Gasteiger partial charge is 0.145 e. The second-order valence-corrected chi connectivity index (χ2v) is 5.08. The normalized spacial score (nSPS) is 12.6. The fourth-order valence-corrected chi connectivity index (χ4v) is 2.19. The van der Waals surface area contributed by atoms with Crippen LogP contribution in [-0.4, -0.2) is 30.4 Å². The van der Waals surface area contributed by atoms with Crippen molar-refractivity contribution in [1.82, 2.24) is 10.3 Å². The first kappa shape index (κ1) is 14.8. The summed E-state index contributed by atoms with van der Waals surface area (Å²) in [5, 5.41) is 13.3. The van der Waals surface area contributed by atoms with E-state index in [-0.39, 0.29) is 6.61 Å². The van der Waals surface area contributed by atoms with Crippen LogP contribution in [-0.2, 0) is 6.54 Å². The molecule has 0 aliphatic carbocycles. The summed E-state index contributed by atoms with van der Waals surface area (Å²) in [5.41, 5.74) is 1.90. The summed E-state index contributed by atoms with van der Waals surface area (Å²) in [6.07, 6.45) is 0.825. The highest BCUT2D eigenvalue weighted by atomic mass is 16.5. The van der Waals surface area contributed by atoms with Gasteiger partial charge in [-0.2, -0.15) is 0 Å². The monoisotopic (exact) mass is 274 g/mol. The van der Waals surface area contributed by atoms with Crippen molar-refractivity contribution in [2.45, 2.75) is 19.9 Å². The molecule has 2 aromatic rings. The molecule has 1 heterocycles. The Morgan fingerprint density at radius 2 is 2.15 bits per heavy atom. The van der Waals surface area contributed by atoms with Gasteiger partial charge in [0, 0.05) is 18.5 Å². The fraction of sp³-hybridized carbons (Fsp3) is 0.438. The second-order valence-electron chi connectivity index (χ2n) is 5.08. The maximum Gasteiger partial charge on any atom is 0.145 e. The highest BCUT2D eigenvalue weighted by Crippen LogP contribution is 2.23. The van der Waals surface area contributed by atoms with E-state index in [2.05, 4.69) is 23.3 Å². The Morgan fingerprint density at radius 3 is 2.90 bits per heavy atom. The van der Waals surface area contributed by atoms with Crippen molar-refractivity contribution >= 4 is 10.9 Å². The molecule has 0 amide bonds. The van der Waals surface area contributed by atoms with E-state index in [1.165, 1.54) is 0 Å². The molecule has 0 saturated heterocycles. The van der Waals surface area contributed by atoms with Crippen LogP contribution in [0.25, 0.3) is 10.9 Å². The molecule has 2 rings (SSSR count). The van der Waals surface area contributed by atoms with Crippen LogP contribution < -0.4 is 10.1 Å². The molecule has 108 valence electrons. The molecule has 2 N–H and O–H groups in total. The van der Waals surface area contributed by atoms with Gasteiger partial charge in [0.1, 0.15) is 11.3 Å². The number of methoxy groups -OCH3 is 1. The van der Waals surface area contributed by atoms with Crippen LogP contribution in [0.2, 0.25) is 0 Å². The van der Waals surface area contributed by atoms with Crippen LogP contribution in [0.1, 0.15) is 19.0 Å². The predicted octanol–water partition coefficient (Wildman–Crippen LogP) is 2.35. The molecule has 0 fully saturated rings. The molecule has 1 aromatic heterocycles. The summed E-state index contributed by atoms with van der Waals surface area (Å²) in [5.74, 6) is 1.27. The fourth-order valence-electron chi connectivity index (χ4n) is 2.19. The number of fused-ring (bicyclic) bond motifs is 1. The molecule has 0 aliphatic heterocycles. The third kappa shape index (κ3) is 3.68. The first-order chi connectivity index (χ1) is 9.74. The number of aromatic nitrogens is 1. The average Bonchev–Trinajstić information content (AvgIpc) is 2.47. The minimum absolute atomic E-state index is 0.244. The van der Waals surface area contributed by atoms with Gasteiger partial charge < -0.3 is 15.2 Å². The highest BCUT2D eigenvalue weighted by Gasteiger charge is 2.05. The number of hydrogen-bond acceptors (Lipinski definition) is 4. The van der Waals surface area contributed by atoms with E-state index in [1.54, 1.807) is 7.11 Å². The second kappa shape index (κ2) is 7.22. The van der Waals surface area contributed by atoms with Crippen molar-refractivity contribution in [3.63, 3.8) is 0 Å². The van der Waals surface area contributed by atoms with E-state index in [1.807, 2.05) is 24.3 Å². The van der Waals surface area contributed by atoms with E-state index in [0.29, 0.717) is 5.92 Å². The summed E-state index contributed by atoms with van der Waals surface area (Å²) in [4.78, 5) is 4.65. The van der Waals surface area contributed by atoms with Crippen LogP contribution in [0.15, 0.2) is 30.3 Å². The van der Waals surface area contributed by atoms with Gasteiger partial charge in [0.2, 0.25) is 0 Å². The maximum absolute atomic E-state index is 8.88. The zero-order valence-corrected chi connectivity index (χ0v) is 12.1. The number of aliphatic hydroxyl groups excluding tert-OH is 1. The Balaban J connectivity index is 2.04. The molecule has 0 spiro atoms. The predicted molar refractivity (Wildman–Crippen MR) is 80.9 cm³/mol. The van der Waals surface area contributed by atoms with Crippen molar-refractivity contribution in [1.29, 1.82) is 0 Å². The van der Waals surface area contributed by atoms with Gasteiger partial charge in [-0.05, 0) is 31.0 Å². The summed E-state index contributed by atoms with van der Waals surface area (Å²) < 4.78 is 5.35. The quantitative estimate of drug-likeness (QED) is 0.814. The minimum atomic E-state index is 0.244. The molecule has 0 bridgehead atoms. The van der Waals surface area contributed by atoms with Crippen molar-refractivity contribution in [2.75, 3.05) is 20.3 Å². The van der Waals surface area contributed by atoms with Crippen LogP contribution >= 0.6 is 0 Å². The summed E-state index contributed by atoms with van der Waals surface area (Å²) in [6.45, 7) is 3.98. The van der Waals surface area contributed by atoms with Gasteiger partial charge in [0.15, 0.2) is 0 Å². The Morgan fingerprint density at radius 1 is 1.30 bits per heavy atom. The van der Waals surface area contributed by atoms with Crippen molar-refractivity contribution < 1.29 is 9.84 Å². The summed E-state index contributed by atoms with van der Waals surface area (Å²) in [7, 11) is 1.66. The van der Waals surface area contributed by atoms with E-state index in [9.17, 15) is 0 Å². The average molecular weight is 274 g/mol. The lowest BCUT2D eigenvalue weighted by Gasteiger charge is -2.11. The Kier molecular flexibility index (Phi) is 5.32. The van der Waals surface area contributed by atoms with Gasteiger partial charge in [0.25, 0.3) is 0 Å². The van der Waals surface area contributed by atoms with Gasteiger partial charge in [-0.15, -0.1) is 0 Å². The Bertz CT molecular complexity index is 557. The van der Waals surface area contributed by atoms with Gasteiger partial charge in [0.05, 0.1) is 12.8 Å². The number of rotatable bonds is 7. The standard InChI is InChI=1S/C16H22N2O2/c1-12(8-9-19)10-17-11-14-7-6-13-4-3-5-15(20-2)16(13)18-14/h3-7,12,17,19H,8-11H2,1-2H3. The molecule has 0 saturated carbocycles. The molecule has 1 aromatic carbocycles. The van der Waals surface area contributed by atoms with Gasteiger partial charge in [-0.1, -0.05) is 25.1 Å². The lowest BCUT2D eigenvalue weighted by atomic mass is 10.1. The number of para-hydroxylation sites is 1. The number of benzene rings is 1. The van der Waals surface area contributed by atoms with Crippen LogP contribution in [0, 0.1) is 5.92 Å². The number of nitrogens with one attached hydrogen (secondary N) is 1. The molecular weight excluding hydrogens is 252 g/mol. The summed E-state index contributed by atoms with van der Waals surface area (Å²) >= 11 is 0. The lowest BCUT2D eigenvalue weighted by Crippen LogP contribution is -2.21. The van der Waals surface area contributed by atoms with E-state index < -0.39 is 0 Å². The number of nitrogens with zero attached hydrogens (tertiary/aromatic N) is 1. The number of ether oxygens (including phenoxy) is 1. The zero-order chi connectivity index (χ0) is 14.4. The van der Waals surface area contributed by atoms with Gasteiger partial charge >= 0.3 is 0 Å². The third-order valence-corrected chi connectivity index (χ3v) is 3.38. The zero-order valence-electron chi connectivity index (χ0n) is 12.1. The largest absolute Gasteiger partial charge is 0.494 e. The lowest BCUT2D eigenvalue weighted by molar-refractivity contribution is 0.260. The molecule has 4 heteroatoms. The van der Waals surface area contributed by atoms with Crippen LogP contribution in [0.4, 0.5) is 0 Å². The van der Waals surface area contributed by atoms with Crippen molar-refractivity contribution in [2.24, 2.45) is 5.92 Å². The first-order valence-electron chi connectivity index (χ1n) is 6.99. The van der Waals surface area contributed by atoms with Crippen LogP contribution in [0.3, 0.4) is 0 Å². The molecule has 0 radical (unpaired) electrons. The topological polar surface area (TPSA) is 54.4 Å². The van der Waals surface area contributed by atoms with E-state index >= 15 is 0 Å². The highest BCUT2D eigenvalue weighted by molar-refractivity contribution is 5.84. The van der Waals surface area contributed by atoms with Gasteiger partial charge in [-0.3, -0.25) is 0 Å².